The van der Waals surface area contributed by atoms with Crippen LogP contribution in [0, 0.1) is 0 Å². The fourth-order valence-electron chi connectivity index (χ4n) is 5.50. The molecule has 41 heavy (non-hydrogen) atoms. The molecule has 6 rings (SSSR count). The number of aromatic nitrogens is 1. The predicted molar refractivity (Wildman–Crippen MR) is 163 cm³/mol. The second-order valence-corrected chi connectivity index (χ2v) is 10.6. The van der Waals surface area contributed by atoms with Crippen LogP contribution in [0.15, 0.2) is 97.3 Å². The predicted octanol–water partition coefficient (Wildman–Crippen LogP) is 6.10. The maximum absolute atomic E-state index is 13.4. The van der Waals surface area contributed by atoms with Gasteiger partial charge >= 0.3 is 0 Å². The Balaban J connectivity index is 1.32. The molecule has 0 aliphatic carbocycles. The highest BCUT2D eigenvalue weighted by atomic mass is 16.2. The van der Waals surface area contributed by atoms with Crippen LogP contribution < -0.4 is 16.0 Å². The Hall–Kier alpha value is -4.75. The summed E-state index contributed by atoms with van der Waals surface area (Å²) in [6.45, 7) is 5.21. The van der Waals surface area contributed by atoms with Crippen LogP contribution in [0.5, 0.6) is 0 Å². The fourth-order valence-corrected chi connectivity index (χ4v) is 5.50. The molecule has 2 amide bonds. The van der Waals surface area contributed by atoms with Crippen LogP contribution in [0.1, 0.15) is 58.4 Å². The topological polar surface area (TPSA) is 86.4 Å². The van der Waals surface area contributed by atoms with Crippen molar-refractivity contribution in [1.82, 2.24) is 15.2 Å². The molecule has 3 aromatic carbocycles. The number of rotatable bonds is 8. The van der Waals surface area contributed by atoms with Gasteiger partial charge in [-0.25, -0.2) is 0 Å². The summed E-state index contributed by atoms with van der Waals surface area (Å²) < 4.78 is 0. The second-order valence-electron chi connectivity index (χ2n) is 10.6. The lowest BCUT2D eigenvalue weighted by molar-refractivity contribution is -0.110. The minimum absolute atomic E-state index is 0.158. The summed E-state index contributed by atoms with van der Waals surface area (Å²) in [4.78, 5) is 33.3. The normalized spacial score (nSPS) is 16.6. The van der Waals surface area contributed by atoms with Crippen LogP contribution in [0.25, 0.3) is 11.3 Å². The number of hydrogen-bond acceptors (Lipinski definition) is 5. The van der Waals surface area contributed by atoms with Gasteiger partial charge in [-0.1, -0.05) is 42.5 Å². The lowest BCUT2D eigenvalue weighted by Crippen LogP contribution is -2.26. The zero-order valence-corrected chi connectivity index (χ0v) is 23.1. The summed E-state index contributed by atoms with van der Waals surface area (Å²) in [5, 5.41) is 9.56. The van der Waals surface area contributed by atoms with Gasteiger partial charge in [0.1, 0.15) is 0 Å². The largest absolute Gasteiger partial charge is 0.354 e. The standard InChI is InChI=1S/C34H33N5O2/c1-23(25-7-3-2-4-8-25)36-33(40)27-11-14-30-29(21-27)31(34(41)38-30)32(26-15-17-35-18-16-26)37-28-12-9-24(10-13-28)22-39-19-5-6-20-39/h2-4,7-18,21,23,37H,5-6,19-20,22H2,1H3,(H,36,40)(H,38,41)/b32-31-/t23-/m1/s1. The average Bonchev–Trinajstić information content (AvgIpc) is 3.64. The summed E-state index contributed by atoms with van der Waals surface area (Å²) in [5.41, 5.74) is 6.97. The van der Waals surface area contributed by atoms with Gasteiger partial charge < -0.3 is 16.0 Å². The lowest BCUT2D eigenvalue weighted by atomic mass is 9.98. The third kappa shape index (κ3) is 5.90. The van der Waals surface area contributed by atoms with E-state index >= 15 is 0 Å². The third-order valence-electron chi connectivity index (χ3n) is 7.72. The number of nitrogens with zero attached hydrogens (tertiary/aromatic N) is 2. The maximum Gasteiger partial charge on any atom is 0.258 e. The van der Waals surface area contributed by atoms with E-state index in [9.17, 15) is 9.59 Å². The molecule has 0 saturated carbocycles. The van der Waals surface area contributed by atoms with Crippen molar-refractivity contribution in [2.45, 2.75) is 32.4 Å². The fraction of sp³-hybridized carbons (Fsp3) is 0.206. The van der Waals surface area contributed by atoms with Gasteiger partial charge in [0, 0.05) is 47.0 Å². The highest BCUT2D eigenvalue weighted by Crippen LogP contribution is 2.38. The molecule has 3 heterocycles. The van der Waals surface area contributed by atoms with E-state index in [4.69, 9.17) is 0 Å². The van der Waals surface area contributed by atoms with Crippen LogP contribution in [-0.2, 0) is 11.3 Å². The maximum atomic E-state index is 13.4. The molecule has 0 spiro atoms. The van der Waals surface area contributed by atoms with E-state index < -0.39 is 0 Å². The quantitative estimate of drug-likeness (QED) is 0.234. The molecule has 7 nitrogen and oxygen atoms in total. The Morgan fingerprint density at radius 2 is 1.66 bits per heavy atom. The second kappa shape index (κ2) is 11.8. The minimum Gasteiger partial charge on any atom is -0.354 e. The number of amides is 2. The lowest BCUT2D eigenvalue weighted by Gasteiger charge is -2.17. The van der Waals surface area contributed by atoms with E-state index in [1.807, 2.05) is 49.4 Å². The molecule has 2 aliphatic rings. The zero-order valence-electron chi connectivity index (χ0n) is 23.1. The molecular formula is C34H33N5O2. The highest BCUT2D eigenvalue weighted by Gasteiger charge is 2.29. The number of nitrogens with one attached hydrogen (secondary N) is 3. The monoisotopic (exact) mass is 543 g/mol. The number of fused-ring (bicyclic) bond motifs is 1. The summed E-state index contributed by atoms with van der Waals surface area (Å²) in [6, 6.07) is 27.1. The number of carbonyl (C=O) groups is 2. The zero-order chi connectivity index (χ0) is 28.2. The van der Waals surface area contributed by atoms with Gasteiger partial charge in [0.2, 0.25) is 0 Å². The van der Waals surface area contributed by atoms with Crippen molar-refractivity contribution in [2.75, 3.05) is 23.7 Å². The van der Waals surface area contributed by atoms with Crippen molar-refractivity contribution in [2.24, 2.45) is 0 Å². The van der Waals surface area contributed by atoms with E-state index in [-0.39, 0.29) is 17.9 Å². The highest BCUT2D eigenvalue weighted by molar-refractivity contribution is 6.37. The SMILES string of the molecule is C[C@@H](NC(=O)c1ccc2c(c1)/C(=C(/Nc1ccc(CN3CCCC3)cc1)c1ccncc1)C(=O)N2)c1ccccc1. The summed E-state index contributed by atoms with van der Waals surface area (Å²) in [5.74, 6) is -0.421. The van der Waals surface area contributed by atoms with Crippen LogP contribution in [0.3, 0.4) is 0 Å². The van der Waals surface area contributed by atoms with Gasteiger partial charge in [-0.05, 0) is 86.4 Å². The van der Waals surface area contributed by atoms with Gasteiger partial charge in [-0.15, -0.1) is 0 Å². The Morgan fingerprint density at radius 3 is 2.39 bits per heavy atom. The molecule has 206 valence electrons. The Bertz CT molecular complexity index is 1580. The molecule has 0 unspecified atom stereocenters. The Morgan fingerprint density at radius 1 is 0.927 bits per heavy atom. The summed E-state index contributed by atoms with van der Waals surface area (Å²) in [6.07, 6.45) is 5.95. The van der Waals surface area contributed by atoms with E-state index in [1.54, 1.807) is 30.6 Å². The number of carbonyl (C=O) groups excluding carboxylic acids is 2. The van der Waals surface area contributed by atoms with Gasteiger partial charge in [0.25, 0.3) is 11.8 Å². The van der Waals surface area contributed by atoms with E-state index in [2.05, 4.69) is 50.1 Å². The first-order valence-electron chi connectivity index (χ1n) is 14.1. The number of likely N-dealkylation sites (tertiary alicyclic amines) is 1. The van der Waals surface area contributed by atoms with Crippen molar-refractivity contribution in [3.63, 3.8) is 0 Å². The van der Waals surface area contributed by atoms with Crippen molar-refractivity contribution >= 4 is 34.5 Å². The number of hydrogen-bond donors (Lipinski definition) is 3. The molecule has 2 aliphatic heterocycles. The molecule has 4 aromatic rings. The van der Waals surface area contributed by atoms with Crippen LogP contribution >= 0.6 is 0 Å². The van der Waals surface area contributed by atoms with Gasteiger partial charge in [-0.3, -0.25) is 19.5 Å². The van der Waals surface area contributed by atoms with Gasteiger partial charge in [-0.2, -0.15) is 0 Å². The van der Waals surface area contributed by atoms with Crippen molar-refractivity contribution in [3.8, 4) is 0 Å². The first-order valence-corrected chi connectivity index (χ1v) is 14.1. The smallest absolute Gasteiger partial charge is 0.258 e. The van der Waals surface area contributed by atoms with E-state index in [0.717, 1.165) is 36.4 Å². The van der Waals surface area contributed by atoms with Crippen molar-refractivity contribution < 1.29 is 9.59 Å². The Labute approximate surface area is 240 Å². The average molecular weight is 544 g/mol. The molecule has 1 saturated heterocycles. The number of benzene rings is 3. The minimum atomic E-state index is -0.222. The number of anilines is 2. The van der Waals surface area contributed by atoms with Gasteiger partial charge in [0.05, 0.1) is 17.3 Å². The van der Waals surface area contributed by atoms with Crippen LogP contribution in [0.2, 0.25) is 0 Å². The van der Waals surface area contributed by atoms with E-state index in [0.29, 0.717) is 28.1 Å². The first-order chi connectivity index (χ1) is 20.0. The Kier molecular flexibility index (Phi) is 7.60. The van der Waals surface area contributed by atoms with Crippen LogP contribution in [-0.4, -0.2) is 34.8 Å². The van der Waals surface area contributed by atoms with E-state index in [1.165, 1.54) is 18.4 Å². The molecule has 0 radical (unpaired) electrons. The molecule has 3 N–H and O–H groups in total. The first kappa shape index (κ1) is 26.5. The molecule has 1 aromatic heterocycles. The van der Waals surface area contributed by atoms with Crippen LogP contribution in [0.4, 0.5) is 11.4 Å². The number of pyridine rings is 1. The van der Waals surface area contributed by atoms with Crippen molar-refractivity contribution in [3.05, 3.63) is 125 Å². The molecule has 1 fully saturated rings. The van der Waals surface area contributed by atoms with Gasteiger partial charge in [0.15, 0.2) is 0 Å². The molecule has 7 heteroatoms. The molecule has 0 bridgehead atoms. The third-order valence-corrected chi connectivity index (χ3v) is 7.72. The summed E-state index contributed by atoms with van der Waals surface area (Å²) >= 11 is 0. The summed E-state index contributed by atoms with van der Waals surface area (Å²) in [7, 11) is 0. The molecule has 1 atom stereocenters. The molecular weight excluding hydrogens is 510 g/mol. The van der Waals surface area contributed by atoms with Crippen molar-refractivity contribution in [1.29, 1.82) is 0 Å².